The van der Waals surface area contributed by atoms with Crippen molar-refractivity contribution >= 4 is 52.0 Å². The first kappa shape index (κ1) is 40.9. The maximum absolute atomic E-state index is 14.6. The van der Waals surface area contributed by atoms with Crippen molar-refractivity contribution in [2.45, 2.75) is 93.5 Å². The molecule has 2 aromatic carbocycles. The van der Waals surface area contributed by atoms with Crippen LogP contribution in [-0.4, -0.2) is 81.0 Å². The number of aromatic nitrogens is 4. The monoisotopic (exact) mass is 798 g/mol. The van der Waals surface area contributed by atoms with E-state index in [4.69, 9.17) is 28.1 Å². The molecular formula is C41H51ClN10O3S. The fraction of sp³-hybridized carbons (Fsp3) is 0.390. The summed E-state index contributed by atoms with van der Waals surface area (Å²) in [6.07, 6.45) is 6.55. The quantitative estimate of drug-likeness (QED) is 0.0962. The molecule has 3 aromatic heterocycles. The predicted molar refractivity (Wildman–Crippen MR) is 221 cm³/mol. The van der Waals surface area contributed by atoms with Crippen LogP contribution in [-0.2, 0) is 33.9 Å². The van der Waals surface area contributed by atoms with Crippen LogP contribution in [0.4, 0.5) is 0 Å². The van der Waals surface area contributed by atoms with Crippen LogP contribution < -0.4 is 27.4 Å². The fourth-order valence-corrected chi connectivity index (χ4v) is 8.63. The molecule has 15 heteroatoms. The first-order valence-electron chi connectivity index (χ1n) is 19.1. The fourth-order valence-electron chi connectivity index (χ4n) is 7.28. The number of aromatic amines is 2. The van der Waals surface area contributed by atoms with Gasteiger partial charge >= 0.3 is 0 Å². The number of para-hydroxylation sites is 1. The minimum Gasteiger partial charge on any atom is -0.361 e. The lowest BCUT2D eigenvalue weighted by Gasteiger charge is -2.32. The van der Waals surface area contributed by atoms with Gasteiger partial charge in [0.15, 0.2) is 0 Å². The first-order chi connectivity index (χ1) is 27.1. The Balaban J connectivity index is 1.45. The molecule has 1 aliphatic heterocycles. The highest BCUT2D eigenvalue weighted by molar-refractivity contribution is 7.99. The first-order valence-corrected chi connectivity index (χ1v) is 20.3. The van der Waals surface area contributed by atoms with Crippen molar-refractivity contribution in [3.8, 4) is 11.1 Å². The highest BCUT2D eigenvalue weighted by atomic mass is 35.5. The van der Waals surface area contributed by atoms with E-state index in [0.717, 1.165) is 55.0 Å². The lowest BCUT2D eigenvalue weighted by atomic mass is 10.00. The van der Waals surface area contributed by atoms with E-state index in [9.17, 15) is 14.4 Å². The second kappa shape index (κ2) is 18.9. The van der Waals surface area contributed by atoms with Crippen molar-refractivity contribution in [3.05, 3.63) is 94.0 Å². The summed E-state index contributed by atoms with van der Waals surface area (Å²) >= 11 is 8.55. The second-order valence-electron chi connectivity index (χ2n) is 14.3. The molecule has 4 heterocycles. The summed E-state index contributed by atoms with van der Waals surface area (Å²) in [6.45, 7) is 5.19. The molecule has 0 spiro atoms. The number of pyridine rings is 1. The Labute approximate surface area is 336 Å². The maximum atomic E-state index is 14.6. The predicted octanol–water partition coefficient (Wildman–Crippen LogP) is 4.88. The Hall–Kier alpha value is -4.73. The molecule has 296 valence electrons. The Morgan fingerprint density at radius 1 is 0.929 bits per heavy atom. The van der Waals surface area contributed by atoms with E-state index in [0.29, 0.717) is 61.8 Å². The van der Waals surface area contributed by atoms with E-state index in [1.165, 1.54) is 16.7 Å². The van der Waals surface area contributed by atoms with Crippen LogP contribution in [0.3, 0.4) is 0 Å². The van der Waals surface area contributed by atoms with E-state index in [-0.39, 0.29) is 30.7 Å². The number of unbranched alkanes of at least 4 members (excludes halogenated alkanes) is 1. The van der Waals surface area contributed by atoms with Gasteiger partial charge in [0.1, 0.15) is 17.1 Å². The summed E-state index contributed by atoms with van der Waals surface area (Å²) in [5, 5.41) is 19.3. The Morgan fingerprint density at radius 3 is 2.48 bits per heavy atom. The zero-order valence-electron chi connectivity index (χ0n) is 32.1. The molecule has 0 fully saturated rings. The minimum absolute atomic E-state index is 0.120. The van der Waals surface area contributed by atoms with Crippen LogP contribution in [0.15, 0.2) is 70.8 Å². The van der Waals surface area contributed by atoms with Crippen molar-refractivity contribution in [3.63, 3.8) is 0 Å². The summed E-state index contributed by atoms with van der Waals surface area (Å²) < 4.78 is 0. The number of fused-ring (bicyclic) bond motifs is 3. The number of amides is 3. The van der Waals surface area contributed by atoms with Crippen LogP contribution in [0, 0.1) is 13.8 Å². The SMILES string of the molecule is Cc1n[nH]c(C)c1-c1cc(Cl)c2c(c1)CNC(=O)[C@H](Cc1c[nH]c3ccccc13)N(C)C(=O)[C@H](CCCCN)NC(=O)[C@H](CCCN)NCc1cccnc1S2. The van der Waals surface area contributed by atoms with Gasteiger partial charge < -0.3 is 37.3 Å². The summed E-state index contributed by atoms with van der Waals surface area (Å²) in [5.41, 5.74) is 18.7. The Kier molecular flexibility index (Phi) is 13.8. The van der Waals surface area contributed by atoms with Crippen molar-refractivity contribution in [1.82, 2.24) is 41.0 Å². The average molecular weight is 799 g/mol. The third-order valence-electron chi connectivity index (χ3n) is 10.4. The van der Waals surface area contributed by atoms with Gasteiger partial charge in [0, 0.05) is 66.0 Å². The molecule has 0 unspecified atom stereocenters. The number of likely N-dealkylation sites (N-methyl/N-ethyl adjacent to an activating group) is 1. The lowest BCUT2D eigenvalue weighted by Crippen LogP contribution is -2.57. The number of nitrogens with one attached hydrogen (secondary N) is 5. The number of benzene rings is 2. The molecule has 5 aromatic rings. The van der Waals surface area contributed by atoms with Gasteiger partial charge in [-0.2, -0.15) is 5.10 Å². The van der Waals surface area contributed by atoms with Gasteiger partial charge in [-0.15, -0.1) is 0 Å². The number of nitrogens with zero attached hydrogens (tertiary/aromatic N) is 3. The van der Waals surface area contributed by atoms with Gasteiger partial charge in [-0.3, -0.25) is 19.5 Å². The zero-order valence-corrected chi connectivity index (χ0v) is 33.7. The van der Waals surface area contributed by atoms with Gasteiger partial charge in [0.05, 0.1) is 16.8 Å². The van der Waals surface area contributed by atoms with E-state index in [1.807, 2.05) is 68.6 Å². The molecular weight excluding hydrogens is 748 g/mol. The van der Waals surface area contributed by atoms with Crippen LogP contribution in [0.5, 0.6) is 0 Å². The van der Waals surface area contributed by atoms with Crippen molar-refractivity contribution in [2.75, 3.05) is 20.1 Å². The van der Waals surface area contributed by atoms with Gasteiger partial charge in [-0.1, -0.05) is 47.6 Å². The molecule has 9 N–H and O–H groups in total. The molecule has 56 heavy (non-hydrogen) atoms. The molecule has 13 nitrogen and oxygen atoms in total. The molecule has 0 radical (unpaired) electrons. The number of halogens is 1. The van der Waals surface area contributed by atoms with Crippen molar-refractivity contribution < 1.29 is 14.4 Å². The van der Waals surface area contributed by atoms with E-state index in [2.05, 4.69) is 31.1 Å². The molecule has 1 aliphatic rings. The number of carbonyl (C=O) groups excluding carboxylic acids is 3. The molecule has 0 saturated heterocycles. The van der Waals surface area contributed by atoms with Crippen molar-refractivity contribution in [1.29, 1.82) is 0 Å². The second-order valence-corrected chi connectivity index (χ2v) is 15.7. The van der Waals surface area contributed by atoms with Crippen LogP contribution in [0.1, 0.15) is 60.2 Å². The van der Waals surface area contributed by atoms with Crippen molar-refractivity contribution in [2.24, 2.45) is 11.5 Å². The van der Waals surface area contributed by atoms with Gasteiger partial charge in [0.25, 0.3) is 0 Å². The number of carbonyl (C=O) groups is 3. The topological polar surface area (TPSA) is 200 Å². The van der Waals surface area contributed by atoms with E-state index in [1.54, 1.807) is 13.2 Å². The van der Waals surface area contributed by atoms with Gasteiger partial charge in [-0.25, -0.2) is 4.98 Å². The summed E-state index contributed by atoms with van der Waals surface area (Å²) in [4.78, 5) is 53.5. The highest BCUT2D eigenvalue weighted by Gasteiger charge is 2.34. The normalized spacial score (nSPS) is 18.6. The minimum atomic E-state index is -0.923. The Morgan fingerprint density at radius 2 is 1.71 bits per heavy atom. The van der Waals surface area contributed by atoms with E-state index < -0.39 is 18.1 Å². The molecule has 0 bridgehead atoms. The number of aryl methyl sites for hydroxylation is 2. The summed E-state index contributed by atoms with van der Waals surface area (Å²) in [6, 6.07) is 13.1. The average Bonchev–Trinajstić information content (AvgIpc) is 3.77. The largest absolute Gasteiger partial charge is 0.361 e. The van der Waals surface area contributed by atoms with Gasteiger partial charge in [0.2, 0.25) is 17.7 Å². The van der Waals surface area contributed by atoms with Crippen LogP contribution >= 0.6 is 23.4 Å². The van der Waals surface area contributed by atoms with Crippen LogP contribution in [0.2, 0.25) is 5.02 Å². The molecule has 0 aliphatic carbocycles. The van der Waals surface area contributed by atoms with E-state index >= 15 is 0 Å². The third-order valence-corrected chi connectivity index (χ3v) is 12.0. The molecule has 6 rings (SSSR count). The molecule has 3 amide bonds. The Bertz CT molecular complexity index is 2150. The highest BCUT2D eigenvalue weighted by Crippen LogP contribution is 2.40. The molecule has 3 atom stereocenters. The molecule has 0 saturated carbocycles. The number of rotatable bonds is 10. The number of nitrogens with two attached hydrogens (primary N) is 2. The number of hydrogen-bond donors (Lipinski definition) is 7. The van der Waals surface area contributed by atoms with Crippen LogP contribution in [0.25, 0.3) is 22.0 Å². The zero-order chi connectivity index (χ0) is 39.8. The smallest absolute Gasteiger partial charge is 0.245 e. The van der Waals surface area contributed by atoms with Gasteiger partial charge in [-0.05, 0) is 106 Å². The number of H-pyrrole nitrogens is 2. The summed E-state index contributed by atoms with van der Waals surface area (Å²) in [5.74, 6) is -1.03. The third kappa shape index (κ3) is 9.44. The summed E-state index contributed by atoms with van der Waals surface area (Å²) in [7, 11) is 1.63. The lowest BCUT2D eigenvalue weighted by molar-refractivity contribution is -0.142. The number of hydrogen-bond acceptors (Lipinski definition) is 9. The maximum Gasteiger partial charge on any atom is 0.245 e. The standard InChI is InChI=1S/C41H51ClN10O3S/c1-24-36(25(2)51-50-24)27-18-29-23-48-39(54)35(20-28-22-46-32-12-5-4-11-30(28)32)52(3)41(55)34(13-6-7-15-43)49-38(53)33(14-8-16-44)47-21-26-10-9-17-45-40(26)56-37(29)31(42)19-27/h4-5,9-12,17-19,22,33-35,46-47H,6-8,13-16,20-21,23,43-44H2,1-3H3,(H,48,54)(H,49,53)(H,50,51)/t33-,34-,35-/m0/s1.